The molecule has 6 heteroatoms. The number of nitro benzene ring substituents is 1. The van der Waals surface area contributed by atoms with E-state index in [0.29, 0.717) is 12.5 Å². The normalized spacial score (nSPS) is 10.4. The molecule has 0 amide bonds. The van der Waals surface area contributed by atoms with Gasteiger partial charge in [-0.2, -0.15) is 0 Å². The molecule has 1 aromatic rings. The van der Waals surface area contributed by atoms with E-state index < -0.39 is 10.9 Å². The van der Waals surface area contributed by atoms with Crippen LogP contribution in [0.4, 0.5) is 11.4 Å². The zero-order chi connectivity index (χ0) is 13.7. The molecule has 2 N–H and O–H groups in total. The predicted molar refractivity (Wildman–Crippen MR) is 68.0 cm³/mol. The van der Waals surface area contributed by atoms with Gasteiger partial charge in [0.05, 0.1) is 10.5 Å². The number of nitrogens with one attached hydrogen (secondary N) is 1. The summed E-state index contributed by atoms with van der Waals surface area (Å²) >= 11 is 0. The summed E-state index contributed by atoms with van der Waals surface area (Å²) in [4.78, 5) is 21.1. The molecule has 0 spiro atoms. The molecular formula is C12H16N2O4. The Balaban J connectivity index is 2.93. The topological polar surface area (TPSA) is 92.5 Å². The molecule has 1 rings (SSSR count). The van der Waals surface area contributed by atoms with E-state index in [4.69, 9.17) is 5.11 Å². The van der Waals surface area contributed by atoms with Crippen LogP contribution in [0.1, 0.15) is 30.6 Å². The van der Waals surface area contributed by atoms with Crippen LogP contribution >= 0.6 is 0 Å². The van der Waals surface area contributed by atoms with Crippen molar-refractivity contribution in [2.75, 3.05) is 11.9 Å². The van der Waals surface area contributed by atoms with Crippen molar-refractivity contribution in [2.45, 2.75) is 20.3 Å². The van der Waals surface area contributed by atoms with E-state index in [-0.39, 0.29) is 16.9 Å². The van der Waals surface area contributed by atoms with Gasteiger partial charge < -0.3 is 10.4 Å². The molecule has 0 aliphatic rings. The lowest BCUT2D eigenvalue weighted by Gasteiger charge is -2.09. The Hall–Kier alpha value is -2.11. The monoisotopic (exact) mass is 252 g/mol. The van der Waals surface area contributed by atoms with Crippen LogP contribution < -0.4 is 5.32 Å². The minimum absolute atomic E-state index is 0.0349. The number of nitrogens with zero attached hydrogens (tertiary/aromatic N) is 1. The highest BCUT2D eigenvalue weighted by molar-refractivity contribution is 5.90. The van der Waals surface area contributed by atoms with Gasteiger partial charge in [-0.1, -0.05) is 13.8 Å². The van der Waals surface area contributed by atoms with Gasteiger partial charge in [0.25, 0.3) is 5.69 Å². The van der Waals surface area contributed by atoms with Crippen LogP contribution in [-0.2, 0) is 0 Å². The van der Waals surface area contributed by atoms with Crippen LogP contribution in [0, 0.1) is 16.0 Å². The zero-order valence-corrected chi connectivity index (χ0v) is 10.3. The lowest BCUT2D eigenvalue weighted by Crippen LogP contribution is -2.08. The second kappa shape index (κ2) is 6.00. The van der Waals surface area contributed by atoms with E-state index >= 15 is 0 Å². The molecule has 0 unspecified atom stereocenters. The molecule has 0 bridgehead atoms. The van der Waals surface area contributed by atoms with E-state index in [1.54, 1.807) is 0 Å². The van der Waals surface area contributed by atoms with E-state index in [9.17, 15) is 14.9 Å². The highest BCUT2D eigenvalue weighted by atomic mass is 16.6. The molecule has 0 radical (unpaired) electrons. The van der Waals surface area contributed by atoms with Crippen LogP contribution in [0.3, 0.4) is 0 Å². The Kier molecular flexibility index (Phi) is 4.65. The number of anilines is 1. The third-order valence-corrected chi connectivity index (χ3v) is 2.48. The summed E-state index contributed by atoms with van der Waals surface area (Å²) in [6.45, 7) is 4.66. The highest BCUT2D eigenvalue weighted by Gasteiger charge is 2.16. The van der Waals surface area contributed by atoms with Crippen molar-refractivity contribution in [1.29, 1.82) is 0 Å². The third kappa shape index (κ3) is 3.73. The maximum absolute atomic E-state index is 10.8. The van der Waals surface area contributed by atoms with Crippen LogP contribution in [0.2, 0.25) is 0 Å². The van der Waals surface area contributed by atoms with Gasteiger partial charge in [0.1, 0.15) is 5.69 Å². The fraction of sp³-hybridized carbons (Fsp3) is 0.417. The predicted octanol–water partition coefficient (Wildman–Crippen LogP) is 2.75. The van der Waals surface area contributed by atoms with Crippen molar-refractivity contribution in [3.8, 4) is 0 Å². The molecule has 0 aliphatic carbocycles. The van der Waals surface area contributed by atoms with Gasteiger partial charge in [0.2, 0.25) is 0 Å². The van der Waals surface area contributed by atoms with Crippen molar-refractivity contribution in [3.63, 3.8) is 0 Å². The molecule has 0 aromatic heterocycles. The zero-order valence-electron chi connectivity index (χ0n) is 10.3. The van der Waals surface area contributed by atoms with Crippen LogP contribution in [0.15, 0.2) is 18.2 Å². The van der Waals surface area contributed by atoms with E-state index in [1.807, 2.05) is 13.8 Å². The molecule has 6 nitrogen and oxygen atoms in total. The molecule has 0 heterocycles. The van der Waals surface area contributed by atoms with Gasteiger partial charge in [0, 0.05) is 12.6 Å². The van der Waals surface area contributed by atoms with Crippen molar-refractivity contribution in [2.24, 2.45) is 5.92 Å². The number of carboxylic acid groups (broad SMARTS) is 1. The number of benzene rings is 1. The quantitative estimate of drug-likeness (QED) is 0.599. The van der Waals surface area contributed by atoms with Gasteiger partial charge in [0.15, 0.2) is 0 Å². The summed E-state index contributed by atoms with van der Waals surface area (Å²) in [5.74, 6) is -0.629. The number of aromatic carboxylic acids is 1. The van der Waals surface area contributed by atoms with Crippen molar-refractivity contribution >= 4 is 17.3 Å². The van der Waals surface area contributed by atoms with Gasteiger partial charge in [-0.25, -0.2) is 4.79 Å². The molecule has 0 fully saturated rings. The minimum atomic E-state index is -1.10. The molecule has 98 valence electrons. The highest BCUT2D eigenvalue weighted by Crippen LogP contribution is 2.25. The maximum atomic E-state index is 10.8. The fourth-order valence-electron chi connectivity index (χ4n) is 1.47. The average Bonchev–Trinajstić information content (AvgIpc) is 2.27. The van der Waals surface area contributed by atoms with Gasteiger partial charge in [-0.15, -0.1) is 0 Å². The third-order valence-electron chi connectivity index (χ3n) is 2.48. The van der Waals surface area contributed by atoms with Gasteiger partial charge in [-0.05, 0) is 24.5 Å². The van der Waals surface area contributed by atoms with E-state index in [2.05, 4.69) is 5.32 Å². The summed E-state index contributed by atoms with van der Waals surface area (Å²) in [5, 5.41) is 22.6. The fourth-order valence-corrected chi connectivity index (χ4v) is 1.47. The number of carbonyl (C=O) groups is 1. The van der Waals surface area contributed by atoms with Crippen molar-refractivity contribution in [1.82, 2.24) is 0 Å². The number of nitro groups is 1. The molecule has 0 atom stereocenters. The molecule has 0 aliphatic heterocycles. The van der Waals surface area contributed by atoms with E-state index in [0.717, 1.165) is 6.42 Å². The lowest BCUT2D eigenvalue weighted by atomic mass is 10.1. The SMILES string of the molecule is CC(C)CCNc1cc(C(=O)O)ccc1[N+](=O)[O-]. The Morgan fingerprint density at radius 2 is 2.17 bits per heavy atom. The Morgan fingerprint density at radius 3 is 2.67 bits per heavy atom. The summed E-state index contributed by atoms with van der Waals surface area (Å²) in [5.41, 5.74) is 0.178. The molecule has 18 heavy (non-hydrogen) atoms. The Labute approximate surface area is 105 Å². The Bertz CT molecular complexity index is 457. The molecule has 0 saturated carbocycles. The summed E-state index contributed by atoms with van der Waals surface area (Å²) < 4.78 is 0. The first-order valence-corrected chi connectivity index (χ1v) is 5.67. The number of rotatable bonds is 6. The first-order valence-electron chi connectivity index (χ1n) is 5.67. The maximum Gasteiger partial charge on any atom is 0.335 e. The van der Waals surface area contributed by atoms with Gasteiger partial charge >= 0.3 is 5.97 Å². The van der Waals surface area contributed by atoms with Crippen molar-refractivity contribution in [3.05, 3.63) is 33.9 Å². The van der Waals surface area contributed by atoms with E-state index in [1.165, 1.54) is 18.2 Å². The number of hydrogen-bond acceptors (Lipinski definition) is 4. The smallest absolute Gasteiger partial charge is 0.335 e. The molecular weight excluding hydrogens is 236 g/mol. The van der Waals surface area contributed by atoms with Crippen LogP contribution in [0.25, 0.3) is 0 Å². The Morgan fingerprint density at radius 1 is 1.50 bits per heavy atom. The van der Waals surface area contributed by atoms with Crippen LogP contribution in [0.5, 0.6) is 0 Å². The van der Waals surface area contributed by atoms with Crippen molar-refractivity contribution < 1.29 is 14.8 Å². The largest absolute Gasteiger partial charge is 0.478 e. The van der Waals surface area contributed by atoms with Gasteiger partial charge in [-0.3, -0.25) is 10.1 Å². The molecule has 1 aromatic carbocycles. The average molecular weight is 252 g/mol. The minimum Gasteiger partial charge on any atom is -0.478 e. The van der Waals surface area contributed by atoms with Crippen LogP contribution in [-0.4, -0.2) is 22.5 Å². The number of hydrogen-bond donors (Lipinski definition) is 2. The standard InChI is InChI=1S/C12H16N2O4/c1-8(2)5-6-13-10-7-9(12(15)16)3-4-11(10)14(17)18/h3-4,7-8,13H,5-6H2,1-2H3,(H,15,16). The summed E-state index contributed by atoms with van der Waals surface area (Å²) in [6.07, 6.45) is 0.856. The number of carboxylic acids is 1. The summed E-state index contributed by atoms with van der Waals surface area (Å²) in [7, 11) is 0. The lowest BCUT2D eigenvalue weighted by molar-refractivity contribution is -0.384. The second-order valence-corrected chi connectivity index (χ2v) is 4.40. The second-order valence-electron chi connectivity index (χ2n) is 4.40. The molecule has 0 saturated heterocycles. The first kappa shape index (κ1) is 14.0. The summed E-state index contributed by atoms with van der Waals surface area (Å²) in [6, 6.07) is 3.73. The first-order chi connectivity index (χ1) is 8.41.